The summed E-state index contributed by atoms with van der Waals surface area (Å²) in [4.78, 5) is 3.98. The van der Waals surface area contributed by atoms with Gasteiger partial charge in [0.25, 0.3) is 0 Å². The number of phenolic OH excluding ortho intramolecular Hbond substituents is 1. The van der Waals surface area contributed by atoms with E-state index >= 15 is 0 Å². The molecule has 1 saturated heterocycles. The van der Waals surface area contributed by atoms with Gasteiger partial charge in [0, 0.05) is 28.4 Å². The highest BCUT2D eigenvalue weighted by molar-refractivity contribution is 7.99. The van der Waals surface area contributed by atoms with E-state index in [1.54, 1.807) is 12.1 Å². The molecular weight excluding hydrogens is 438 g/mol. The number of fused-ring (bicyclic) bond motifs is 1. The second kappa shape index (κ2) is 11.3. The number of ether oxygens (including phenoxy) is 1. The molecule has 1 fully saturated rings. The normalized spacial score (nSPS) is 20.5. The Bertz CT molecular complexity index is 1050. The molecule has 0 amide bonds. The van der Waals surface area contributed by atoms with Gasteiger partial charge >= 0.3 is 0 Å². The molecular formula is C30H35NO2S. The number of phenols is 1. The minimum Gasteiger partial charge on any atom is -0.508 e. The molecule has 2 aliphatic rings. The van der Waals surface area contributed by atoms with Crippen molar-refractivity contribution in [3.05, 3.63) is 89.5 Å². The van der Waals surface area contributed by atoms with Crippen molar-refractivity contribution in [1.29, 1.82) is 0 Å². The van der Waals surface area contributed by atoms with Crippen molar-refractivity contribution < 1.29 is 9.84 Å². The van der Waals surface area contributed by atoms with Crippen molar-refractivity contribution in [2.45, 2.75) is 48.8 Å². The molecule has 3 aromatic rings. The summed E-state index contributed by atoms with van der Waals surface area (Å²) in [5, 5.41) is 9.97. The summed E-state index contributed by atoms with van der Waals surface area (Å²) < 4.78 is 6.10. The van der Waals surface area contributed by atoms with E-state index in [1.807, 2.05) is 17.8 Å². The van der Waals surface area contributed by atoms with Crippen LogP contribution in [0, 0.1) is 0 Å². The van der Waals surface area contributed by atoms with E-state index in [9.17, 15) is 5.11 Å². The highest BCUT2D eigenvalue weighted by Gasteiger charge is 2.33. The molecule has 2 aliphatic heterocycles. The van der Waals surface area contributed by atoms with Crippen LogP contribution in [0.5, 0.6) is 11.5 Å². The lowest BCUT2D eigenvalue weighted by molar-refractivity contribution is 0.226. The van der Waals surface area contributed by atoms with Gasteiger partial charge in [0.15, 0.2) is 0 Å². The van der Waals surface area contributed by atoms with E-state index in [1.165, 1.54) is 73.5 Å². The molecule has 178 valence electrons. The van der Waals surface area contributed by atoms with E-state index in [0.29, 0.717) is 6.61 Å². The van der Waals surface area contributed by atoms with Crippen LogP contribution in [0.2, 0.25) is 0 Å². The first kappa shape index (κ1) is 23.3. The summed E-state index contributed by atoms with van der Waals surface area (Å²) in [5.74, 6) is 2.67. The van der Waals surface area contributed by atoms with Gasteiger partial charge in [0.2, 0.25) is 0 Å². The first-order valence-corrected chi connectivity index (χ1v) is 13.7. The Balaban J connectivity index is 1.25. The predicted molar refractivity (Wildman–Crippen MR) is 141 cm³/mol. The molecule has 3 nitrogen and oxygen atoms in total. The van der Waals surface area contributed by atoms with Gasteiger partial charge in [-0.15, -0.1) is 11.8 Å². The molecule has 2 heterocycles. The van der Waals surface area contributed by atoms with Gasteiger partial charge in [0.05, 0.1) is 6.61 Å². The third-order valence-electron chi connectivity index (χ3n) is 7.21. The van der Waals surface area contributed by atoms with Crippen LogP contribution >= 0.6 is 11.8 Å². The molecule has 34 heavy (non-hydrogen) atoms. The number of hydrogen-bond donors (Lipinski definition) is 1. The van der Waals surface area contributed by atoms with Crippen LogP contribution in [0.4, 0.5) is 0 Å². The Kier molecular flexibility index (Phi) is 7.77. The average Bonchev–Trinajstić information content (AvgIpc) is 2.89. The maximum atomic E-state index is 9.97. The van der Waals surface area contributed by atoms with Crippen LogP contribution in [0.1, 0.15) is 60.6 Å². The molecule has 0 aliphatic carbocycles. The molecule has 0 radical (unpaired) electrons. The smallest absolute Gasteiger partial charge is 0.126 e. The van der Waals surface area contributed by atoms with Crippen molar-refractivity contribution in [2.75, 3.05) is 32.0 Å². The van der Waals surface area contributed by atoms with Crippen LogP contribution in [0.25, 0.3) is 0 Å². The minimum absolute atomic E-state index is 0.204. The summed E-state index contributed by atoms with van der Waals surface area (Å²) in [5.41, 5.74) is 3.74. The standard InChI is InChI=1S/C30H35NO2S/c32-25-13-16-27-29(21-25)33-22-28(23-9-3-1-4-10-23)30(27)24-11-14-26(15-12-24)34-20-8-7-19-31-17-5-2-6-18-31/h1,3-4,9-16,21,28,30,32H,2,5-8,17-20,22H2. The van der Waals surface area contributed by atoms with E-state index in [2.05, 4.69) is 59.5 Å². The second-order valence-corrected chi connectivity index (χ2v) is 10.7. The van der Waals surface area contributed by atoms with Crippen LogP contribution in [0.3, 0.4) is 0 Å². The lowest BCUT2D eigenvalue weighted by Crippen LogP contribution is -2.30. The Labute approximate surface area is 208 Å². The third-order valence-corrected chi connectivity index (χ3v) is 8.30. The zero-order valence-corrected chi connectivity index (χ0v) is 20.7. The molecule has 5 rings (SSSR count). The fraction of sp³-hybridized carbons (Fsp3) is 0.400. The minimum atomic E-state index is 0.204. The number of nitrogens with zero attached hydrogens (tertiary/aromatic N) is 1. The molecule has 0 saturated carbocycles. The van der Waals surface area contributed by atoms with Gasteiger partial charge in [-0.1, -0.05) is 55.0 Å². The van der Waals surface area contributed by atoms with Crippen LogP contribution < -0.4 is 4.74 Å². The largest absolute Gasteiger partial charge is 0.508 e. The molecule has 1 N–H and O–H groups in total. The van der Waals surface area contributed by atoms with Gasteiger partial charge in [-0.2, -0.15) is 0 Å². The first-order valence-electron chi connectivity index (χ1n) is 12.7. The number of rotatable bonds is 8. The summed E-state index contributed by atoms with van der Waals surface area (Å²) in [7, 11) is 0. The Morgan fingerprint density at radius 2 is 1.65 bits per heavy atom. The molecule has 0 bridgehead atoms. The third kappa shape index (κ3) is 5.61. The van der Waals surface area contributed by atoms with Crippen molar-refractivity contribution in [3.63, 3.8) is 0 Å². The number of unbranched alkanes of at least 4 members (excludes halogenated alkanes) is 1. The topological polar surface area (TPSA) is 32.7 Å². The fourth-order valence-corrected chi connectivity index (χ4v) is 6.29. The molecule has 2 unspecified atom stereocenters. The van der Waals surface area contributed by atoms with Gasteiger partial charge < -0.3 is 14.7 Å². The maximum absolute atomic E-state index is 9.97. The SMILES string of the molecule is Oc1ccc2c(c1)OCC(c1ccccc1)C2c1ccc(SCCCCN2CCCCC2)cc1. The van der Waals surface area contributed by atoms with Crippen LogP contribution in [-0.2, 0) is 0 Å². The Morgan fingerprint density at radius 3 is 2.44 bits per heavy atom. The van der Waals surface area contributed by atoms with E-state index in [-0.39, 0.29) is 17.6 Å². The molecule has 3 aromatic carbocycles. The number of benzene rings is 3. The Hall–Kier alpha value is -2.43. The van der Waals surface area contributed by atoms with Crippen molar-refractivity contribution in [3.8, 4) is 11.5 Å². The van der Waals surface area contributed by atoms with Crippen molar-refractivity contribution in [1.82, 2.24) is 4.90 Å². The van der Waals surface area contributed by atoms with Crippen molar-refractivity contribution in [2.24, 2.45) is 0 Å². The zero-order chi connectivity index (χ0) is 23.2. The number of piperidine rings is 1. The second-order valence-electron chi connectivity index (χ2n) is 9.55. The summed E-state index contributed by atoms with van der Waals surface area (Å²) >= 11 is 1.97. The van der Waals surface area contributed by atoms with Gasteiger partial charge in [-0.3, -0.25) is 0 Å². The average molecular weight is 474 g/mol. The van der Waals surface area contributed by atoms with E-state index in [0.717, 1.165) is 11.3 Å². The highest BCUT2D eigenvalue weighted by atomic mass is 32.2. The van der Waals surface area contributed by atoms with Gasteiger partial charge in [-0.05, 0) is 80.4 Å². The predicted octanol–water partition coefficient (Wildman–Crippen LogP) is 7.06. The number of hydrogen-bond acceptors (Lipinski definition) is 4. The van der Waals surface area contributed by atoms with Gasteiger partial charge in [0.1, 0.15) is 11.5 Å². The summed E-state index contributed by atoms with van der Waals surface area (Å²) in [6.45, 7) is 4.47. The molecule has 2 atom stereocenters. The van der Waals surface area contributed by atoms with Crippen LogP contribution in [0.15, 0.2) is 77.7 Å². The maximum Gasteiger partial charge on any atom is 0.126 e. The molecule has 4 heteroatoms. The lowest BCUT2D eigenvalue weighted by Gasteiger charge is -2.34. The van der Waals surface area contributed by atoms with Gasteiger partial charge in [-0.25, -0.2) is 0 Å². The lowest BCUT2D eigenvalue weighted by atomic mass is 9.76. The molecule has 0 spiro atoms. The quantitative estimate of drug-likeness (QED) is 0.280. The zero-order valence-electron chi connectivity index (χ0n) is 19.9. The fourth-order valence-electron chi connectivity index (χ4n) is 5.38. The molecule has 0 aromatic heterocycles. The Morgan fingerprint density at radius 1 is 0.853 bits per heavy atom. The summed E-state index contributed by atoms with van der Waals surface area (Å²) in [6.07, 6.45) is 6.75. The highest BCUT2D eigenvalue weighted by Crippen LogP contribution is 2.47. The van der Waals surface area contributed by atoms with Crippen LogP contribution in [-0.4, -0.2) is 42.0 Å². The first-order chi connectivity index (χ1) is 16.8. The van der Waals surface area contributed by atoms with E-state index in [4.69, 9.17) is 4.74 Å². The van der Waals surface area contributed by atoms with Crippen molar-refractivity contribution >= 4 is 11.8 Å². The van der Waals surface area contributed by atoms with E-state index < -0.39 is 0 Å². The number of aromatic hydroxyl groups is 1. The monoisotopic (exact) mass is 473 g/mol. The number of likely N-dealkylation sites (tertiary alicyclic amines) is 1. The number of thioether (sulfide) groups is 1. The summed E-state index contributed by atoms with van der Waals surface area (Å²) in [6, 6.07) is 25.3.